The van der Waals surface area contributed by atoms with Crippen LogP contribution in [0.3, 0.4) is 0 Å². The molecule has 3 rings (SSSR count). The van der Waals surface area contributed by atoms with Crippen LogP contribution in [0.4, 0.5) is 5.82 Å². The maximum absolute atomic E-state index is 4.74. The quantitative estimate of drug-likeness (QED) is 0.625. The van der Waals surface area contributed by atoms with Gasteiger partial charge in [-0.3, -0.25) is 4.90 Å². The van der Waals surface area contributed by atoms with Crippen LogP contribution in [-0.4, -0.2) is 52.3 Å². The van der Waals surface area contributed by atoms with Crippen LogP contribution in [0.1, 0.15) is 22.0 Å². The third kappa shape index (κ3) is 3.84. The average Bonchev–Trinajstić information content (AvgIpc) is 2.96. The van der Waals surface area contributed by atoms with Gasteiger partial charge in [0.25, 0.3) is 0 Å². The molecule has 2 aromatic heterocycles. The van der Waals surface area contributed by atoms with Crippen LogP contribution in [0, 0.1) is 20.8 Å². The van der Waals surface area contributed by atoms with Gasteiger partial charge < -0.3 is 4.90 Å². The van der Waals surface area contributed by atoms with Gasteiger partial charge in [-0.25, -0.2) is 15.0 Å². The molecule has 1 saturated heterocycles. The number of piperazine rings is 1. The molecule has 5 nitrogen and oxygen atoms in total. The number of anilines is 1. The molecule has 0 amide bonds. The Kier molecular flexibility index (Phi) is 5.18. The number of thiazole rings is 1. The Morgan fingerprint density at radius 2 is 1.83 bits per heavy atom. The highest BCUT2D eigenvalue weighted by Crippen LogP contribution is 2.24. The predicted molar refractivity (Wildman–Crippen MR) is 97.6 cm³/mol. The molecule has 2 aromatic rings. The minimum absolute atomic E-state index is 0.864. The Balaban J connectivity index is 1.66. The summed E-state index contributed by atoms with van der Waals surface area (Å²) in [6.07, 6.45) is 2.03. The highest BCUT2D eigenvalue weighted by atomic mass is 32.2. The molecule has 0 bridgehead atoms. The van der Waals surface area contributed by atoms with Crippen LogP contribution >= 0.6 is 23.1 Å². The normalized spacial score (nSPS) is 16.1. The fourth-order valence-electron chi connectivity index (χ4n) is 2.82. The number of rotatable bonds is 4. The largest absolute Gasteiger partial charge is 0.354 e. The Morgan fingerprint density at radius 1 is 1.09 bits per heavy atom. The fourth-order valence-corrected chi connectivity index (χ4v) is 3.83. The maximum Gasteiger partial charge on any atom is 0.189 e. The summed E-state index contributed by atoms with van der Waals surface area (Å²) in [4.78, 5) is 18.7. The molecule has 124 valence electrons. The van der Waals surface area contributed by atoms with Crippen molar-refractivity contribution < 1.29 is 0 Å². The number of hydrogen-bond donors (Lipinski definition) is 0. The van der Waals surface area contributed by atoms with E-state index in [0.717, 1.165) is 54.4 Å². The first-order valence-electron chi connectivity index (χ1n) is 7.84. The standard InChI is InChI=1S/C16H23N5S2/c1-11-12(2)17-16(22-4)19-15(11)21-7-5-20(6-8-21)9-14-10-23-13(3)18-14/h10H,5-9H2,1-4H3. The molecule has 1 aliphatic rings. The summed E-state index contributed by atoms with van der Waals surface area (Å²) >= 11 is 3.34. The lowest BCUT2D eigenvalue weighted by molar-refractivity contribution is 0.246. The minimum Gasteiger partial charge on any atom is -0.354 e. The van der Waals surface area contributed by atoms with E-state index in [0.29, 0.717) is 0 Å². The SMILES string of the molecule is CSc1nc(C)c(C)c(N2CCN(Cc3csc(C)n3)CC2)n1. The van der Waals surface area contributed by atoms with Crippen molar-refractivity contribution in [3.63, 3.8) is 0 Å². The molecular formula is C16H23N5S2. The van der Waals surface area contributed by atoms with Crippen molar-refractivity contribution in [3.05, 3.63) is 27.3 Å². The Bertz CT molecular complexity index is 677. The van der Waals surface area contributed by atoms with Crippen molar-refractivity contribution in [1.29, 1.82) is 0 Å². The van der Waals surface area contributed by atoms with Crippen molar-refractivity contribution in [2.45, 2.75) is 32.5 Å². The summed E-state index contributed by atoms with van der Waals surface area (Å²) in [5.74, 6) is 1.10. The third-order valence-corrected chi connectivity index (χ3v) is 5.62. The molecule has 23 heavy (non-hydrogen) atoms. The van der Waals surface area contributed by atoms with Crippen LogP contribution in [-0.2, 0) is 6.54 Å². The van der Waals surface area contributed by atoms with Crippen molar-refractivity contribution in [3.8, 4) is 0 Å². The molecule has 0 atom stereocenters. The molecule has 0 N–H and O–H groups in total. The highest BCUT2D eigenvalue weighted by molar-refractivity contribution is 7.98. The van der Waals surface area contributed by atoms with E-state index in [2.05, 4.69) is 45.9 Å². The molecule has 0 aromatic carbocycles. The lowest BCUT2D eigenvalue weighted by atomic mass is 10.2. The Hall–Kier alpha value is -1.18. The highest BCUT2D eigenvalue weighted by Gasteiger charge is 2.21. The zero-order valence-electron chi connectivity index (χ0n) is 14.2. The van der Waals surface area contributed by atoms with Gasteiger partial charge in [-0.2, -0.15) is 0 Å². The molecule has 0 radical (unpaired) electrons. The maximum atomic E-state index is 4.74. The molecule has 1 aliphatic heterocycles. The van der Waals surface area contributed by atoms with Gasteiger partial charge in [-0.15, -0.1) is 11.3 Å². The Labute approximate surface area is 146 Å². The molecule has 3 heterocycles. The summed E-state index contributed by atoms with van der Waals surface area (Å²) in [5.41, 5.74) is 3.48. The van der Waals surface area contributed by atoms with E-state index in [-0.39, 0.29) is 0 Å². The lowest BCUT2D eigenvalue weighted by Gasteiger charge is -2.36. The van der Waals surface area contributed by atoms with E-state index in [9.17, 15) is 0 Å². The zero-order chi connectivity index (χ0) is 16.4. The van der Waals surface area contributed by atoms with Gasteiger partial charge in [0, 0.05) is 49.4 Å². The number of hydrogen-bond acceptors (Lipinski definition) is 7. The molecule has 0 saturated carbocycles. The van der Waals surface area contributed by atoms with E-state index in [1.54, 1.807) is 23.1 Å². The second-order valence-corrected chi connectivity index (χ2v) is 7.70. The van der Waals surface area contributed by atoms with Gasteiger partial charge in [0.1, 0.15) is 5.82 Å². The monoisotopic (exact) mass is 349 g/mol. The van der Waals surface area contributed by atoms with Crippen molar-refractivity contribution in [2.24, 2.45) is 0 Å². The van der Waals surface area contributed by atoms with Gasteiger partial charge >= 0.3 is 0 Å². The predicted octanol–water partition coefficient (Wildman–Crippen LogP) is 2.90. The van der Waals surface area contributed by atoms with E-state index < -0.39 is 0 Å². The summed E-state index contributed by atoms with van der Waals surface area (Å²) in [6.45, 7) is 11.3. The third-order valence-electron chi connectivity index (χ3n) is 4.25. The molecule has 1 fully saturated rings. The molecular weight excluding hydrogens is 326 g/mol. The lowest BCUT2D eigenvalue weighted by Crippen LogP contribution is -2.46. The number of nitrogens with zero attached hydrogens (tertiary/aromatic N) is 5. The van der Waals surface area contributed by atoms with Crippen LogP contribution in [0.15, 0.2) is 10.5 Å². The van der Waals surface area contributed by atoms with Crippen LogP contribution in [0.5, 0.6) is 0 Å². The fraction of sp³-hybridized carbons (Fsp3) is 0.562. The van der Waals surface area contributed by atoms with Crippen LogP contribution in [0.25, 0.3) is 0 Å². The number of aryl methyl sites for hydroxylation is 2. The first-order valence-corrected chi connectivity index (χ1v) is 9.95. The first-order chi connectivity index (χ1) is 11.1. The van der Waals surface area contributed by atoms with Gasteiger partial charge in [-0.1, -0.05) is 11.8 Å². The summed E-state index contributed by atoms with van der Waals surface area (Å²) in [7, 11) is 0. The van der Waals surface area contributed by atoms with E-state index >= 15 is 0 Å². The molecule has 0 spiro atoms. The molecule has 0 unspecified atom stereocenters. The molecule has 0 aliphatic carbocycles. The molecule has 7 heteroatoms. The second kappa shape index (κ2) is 7.15. The van der Waals surface area contributed by atoms with Crippen LogP contribution < -0.4 is 4.90 Å². The Morgan fingerprint density at radius 3 is 2.43 bits per heavy atom. The van der Waals surface area contributed by atoms with Gasteiger partial charge in [-0.05, 0) is 27.0 Å². The van der Waals surface area contributed by atoms with Gasteiger partial charge in [0.2, 0.25) is 0 Å². The summed E-state index contributed by atoms with van der Waals surface area (Å²) in [5, 5.41) is 4.18. The second-order valence-electron chi connectivity index (χ2n) is 5.87. The van der Waals surface area contributed by atoms with Crippen molar-refractivity contribution in [1.82, 2.24) is 19.9 Å². The number of thioether (sulfide) groups is 1. The van der Waals surface area contributed by atoms with Crippen LogP contribution in [0.2, 0.25) is 0 Å². The van der Waals surface area contributed by atoms with Gasteiger partial charge in [0.05, 0.1) is 10.7 Å². The first kappa shape index (κ1) is 16.7. The average molecular weight is 350 g/mol. The smallest absolute Gasteiger partial charge is 0.189 e. The summed E-state index contributed by atoms with van der Waals surface area (Å²) < 4.78 is 0. The zero-order valence-corrected chi connectivity index (χ0v) is 15.8. The van der Waals surface area contributed by atoms with E-state index in [1.165, 1.54) is 11.3 Å². The topological polar surface area (TPSA) is 45.2 Å². The summed E-state index contributed by atoms with van der Waals surface area (Å²) in [6, 6.07) is 0. The van der Waals surface area contributed by atoms with Crippen molar-refractivity contribution in [2.75, 3.05) is 37.3 Å². The van der Waals surface area contributed by atoms with Gasteiger partial charge in [0.15, 0.2) is 5.16 Å². The minimum atomic E-state index is 0.864. The van der Waals surface area contributed by atoms with E-state index in [1.807, 2.05) is 6.26 Å². The van der Waals surface area contributed by atoms with E-state index in [4.69, 9.17) is 4.98 Å². The number of aromatic nitrogens is 3. The van der Waals surface area contributed by atoms with Crippen molar-refractivity contribution >= 4 is 28.9 Å².